The molecule has 0 aromatic heterocycles. The van der Waals surface area contributed by atoms with Crippen LogP contribution in [0.5, 0.6) is 0 Å². The van der Waals surface area contributed by atoms with Crippen molar-refractivity contribution in [3.8, 4) is 0 Å². The van der Waals surface area contributed by atoms with Crippen LogP contribution in [-0.4, -0.2) is 48.8 Å². The van der Waals surface area contributed by atoms with Gasteiger partial charge in [0.25, 0.3) is 0 Å². The van der Waals surface area contributed by atoms with Crippen molar-refractivity contribution in [1.29, 1.82) is 0 Å². The van der Waals surface area contributed by atoms with Crippen molar-refractivity contribution in [2.24, 2.45) is 0 Å². The predicted octanol–water partition coefficient (Wildman–Crippen LogP) is 2.16. The number of fused-ring (bicyclic) bond motifs is 1. The van der Waals surface area contributed by atoms with Crippen LogP contribution in [0.1, 0.15) is 51.9 Å². The SMILES string of the molecule is CC(CNC1CCCC1)N1CCOC2CCCC21. The minimum Gasteiger partial charge on any atom is -0.375 e. The molecule has 1 saturated heterocycles. The van der Waals surface area contributed by atoms with Gasteiger partial charge in [0.1, 0.15) is 0 Å². The van der Waals surface area contributed by atoms with E-state index in [-0.39, 0.29) is 0 Å². The highest BCUT2D eigenvalue weighted by Gasteiger charge is 2.37. The highest BCUT2D eigenvalue weighted by Crippen LogP contribution is 2.30. The van der Waals surface area contributed by atoms with Gasteiger partial charge < -0.3 is 10.1 Å². The lowest BCUT2D eigenvalue weighted by Gasteiger charge is -2.41. The number of hydrogen-bond acceptors (Lipinski definition) is 3. The van der Waals surface area contributed by atoms with E-state index in [1.54, 1.807) is 0 Å². The molecule has 2 aliphatic carbocycles. The summed E-state index contributed by atoms with van der Waals surface area (Å²) in [6.45, 7) is 5.63. The quantitative estimate of drug-likeness (QED) is 0.830. The first-order valence-electron chi connectivity index (χ1n) is 7.95. The molecule has 3 unspecified atom stereocenters. The Labute approximate surface area is 111 Å². The number of ether oxygens (including phenoxy) is 1. The third-order valence-electron chi connectivity index (χ3n) is 5.15. The van der Waals surface area contributed by atoms with Crippen LogP contribution in [0.15, 0.2) is 0 Å². The Hall–Kier alpha value is -0.120. The van der Waals surface area contributed by atoms with E-state index in [2.05, 4.69) is 17.1 Å². The summed E-state index contributed by atoms with van der Waals surface area (Å²) in [4.78, 5) is 2.71. The van der Waals surface area contributed by atoms with E-state index < -0.39 is 0 Å². The largest absolute Gasteiger partial charge is 0.375 e. The average Bonchev–Trinajstić information content (AvgIpc) is 3.05. The normalized spacial score (nSPS) is 35.8. The Bertz CT molecular complexity index is 265. The maximum absolute atomic E-state index is 5.90. The van der Waals surface area contributed by atoms with Gasteiger partial charge in [0.2, 0.25) is 0 Å². The molecule has 0 spiro atoms. The van der Waals surface area contributed by atoms with Crippen LogP contribution in [0.3, 0.4) is 0 Å². The van der Waals surface area contributed by atoms with E-state index in [0.29, 0.717) is 18.2 Å². The van der Waals surface area contributed by atoms with E-state index in [9.17, 15) is 0 Å². The molecule has 0 aromatic carbocycles. The Kier molecular flexibility index (Phi) is 4.22. The molecule has 3 heteroatoms. The highest BCUT2D eigenvalue weighted by molar-refractivity contribution is 4.92. The molecule has 3 nitrogen and oxygen atoms in total. The van der Waals surface area contributed by atoms with Crippen molar-refractivity contribution in [3.63, 3.8) is 0 Å². The molecule has 0 amide bonds. The van der Waals surface area contributed by atoms with Gasteiger partial charge in [-0.2, -0.15) is 0 Å². The monoisotopic (exact) mass is 252 g/mol. The lowest BCUT2D eigenvalue weighted by atomic mass is 10.1. The smallest absolute Gasteiger partial charge is 0.0731 e. The molecule has 3 rings (SSSR count). The topological polar surface area (TPSA) is 24.5 Å². The van der Waals surface area contributed by atoms with E-state index >= 15 is 0 Å². The van der Waals surface area contributed by atoms with Crippen LogP contribution in [0, 0.1) is 0 Å². The van der Waals surface area contributed by atoms with Crippen molar-refractivity contribution < 1.29 is 4.74 Å². The minimum atomic E-state index is 0.535. The molecule has 18 heavy (non-hydrogen) atoms. The van der Waals surface area contributed by atoms with E-state index in [0.717, 1.165) is 25.7 Å². The van der Waals surface area contributed by atoms with Crippen molar-refractivity contribution in [3.05, 3.63) is 0 Å². The minimum absolute atomic E-state index is 0.535. The van der Waals surface area contributed by atoms with E-state index in [1.165, 1.54) is 44.9 Å². The molecule has 3 aliphatic rings. The summed E-state index contributed by atoms with van der Waals surface area (Å²) in [6.07, 6.45) is 10.1. The molecule has 3 atom stereocenters. The predicted molar refractivity (Wildman–Crippen MR) is 73.8 cm³/mol. The van der Waals surface area contributed by atoms with Gasteiger partial charge in [0, 0.05) is 31.2 Å². The third-order valence-corrected chi connectivity index (χ3v) is 5.15. The van der Waals surface area contributed by atoms with Gasteiger partial charge in [-0.3, -0.25) is 4.90 Å². The summed E-state index contributed by atoms with van der Waals surface area (Å²) < 4.78 is 5.90. The molecule has 2 saturated carbocycles. The molecule has 0 radical (unpaired) electrons. The van der Waals surface area contributed by atoms with Gasteiger partial charge in [0.15, 0.2) is 0 Å². The molecular weight excluding hydrogens is 224 g/mol. The van der Waals surface area contributed by atoms with Crippen LogP contribution in [-0.2, 0) is 4.74 Å². The fourth-order valence-corrected chi connectivity index (χ4v) is 4.09. The van der Waals surface area contributed by atoms with Gasteiger partial charge >= 0.3 is 0 Å². The van der Waals surface area contributed by atoms with E-state index in [4.69, 9.17) is 4.74 Å². The van der Waals surface area contributed by atoms with Crippen molar-refractivity contribution in [1.82, 2.24) is 10.2 Å². The van der Waals surface area contributed by atoms with Crippen LogP contribution >= 0.6 is 0 Å². The number of nitrogens with zero attached hydrogens (tertiary/aromatic N) is 1. The number of morpholine rings is 1. The molecule has 104 valence electrons. The van der Waals surface area contributed by atoms with Crippen LogP contribution in [0.25, 0.3) is 0 Å². The second-order valence-electron chi connectivity index (χ2n) is 6.38. The number of hydrogen-bond donors (Lipinski definition) is 1. The summed E-state index contributed by atoms with van der Waals surface area (Å²) in [5.41, 5.74) is 0. The molecule has 1 N–H and O–H groups in total. The fourth-order valence-electron chi connectivity index (χ4n) is 4.09. The van der Waals surface area contributed by atoms with Gasteiger partial charge in [-0.05, 0) is 39.0 Å². The fraction of sp³-hybridized carbons (Fsp3) is 1.00. The first kappa shape index (κ1) is 12.9. The first-order chi connectivity index (χ1) is 8.84. The molecule has 3 fully saturated rings. The first-order valence-corrected chi connectivity index (χ1v) is 7.95. The summed E-state index contributed by atoms with van der Waals surface area (Å²) in [7, 11) is 0. The van der Waals surface area contributed by atoms with Crippen LogP contribution in [0.4, 0.5) is 0 Å². The van der Waals surface area contributed by atoms with Gasteiger partial charge in [-0.25, -0.2) is 0 Å². The average molecular weight is 252 g/mol. The maximum atomic E-state index is 5.90. The van der Waals surface area contributed by atoms with Crippen LogP contribution < -0.4 is 5.32 Å². The van der Waals surface area contributed by atoms with Gasteiger partial charge in [0.05, 0.1) is 12.7 Å². The second-order valence-corrected chi connectivity index (χ2v) is 6.38. The lowest BCUT2D eigenvalue weighted by molar-refractivity contribution is -0.0689. The summed E-state index contributed by atoms with van der Waals surface area (Å²) in [6, 6.07) is 2.17. The van der Waals surface area contributed by atoms with Crippen molar-refractivity contribution in [2.45, 2.75) is 76.1 Å². The van der Waals surface area contributed by atoms with Crippen molar-refractivity contribution in [2.75, 3.05) is 19.7 Å². The molecule has 1 aliphatic heterocycles. The number of nitrogens with one attached hydrogen (secondary N) is 1. The van der Waals surface area contributed by atoms with Gasteiger partial charge in [-0.15, -0.1) is 0 Å². The Morgan fingerprint density at radius 3 is 2.83 bits per heavy atom. The Morgan fingerprint density at radius 2 is 2.00 bits per heavy atom. The lowest BCUT2D eigenvalue weighted by Crippen LogP contribution is -2.55. The summed E-state index contributed by atoms with van der Waals surface area (Å²) in [5, 5.41) is 3.78. The zero-order valence-corrected chi connectivity index (χ0v) is 11.7. The Balaban J connectivity index is 1.49. The van der Waals surface area contributed by atoms with E-state index in [1.807, 2.05) is 0 Å². The maximum Gasteiger partial charge on any atom is 0.0731 e. The standard InChI is InChI=1S/C15H28N2O/c1-12(11-16-13-5-2-3-6-13)17-9-10-18-15-8-4-7-14(15)17/h12-16H,2-11H2,1H3. The zero-order valence-electron chi connectivity index (χ0n) is 11.7. The zero-order chi connectivity index (χ0) is 12.4. The summed E-state index contributed by atoms with van der Waals surface area (Å²) in [5.74, 6) is 0. The third kappa shape index (κ3) is 2.73. The second kappa shape index (κ2) is 5.89. The molecule has 0 bridgehead atoms. The molecular formula is C15H28N2O. The summed E-state index contributed by atoms with van der Waals surface area (Å²) >= 11 is 0. The number of rotatable bonds is 4. The Morgan fingerprint density at radius 1 is 1.17 bits per heavy atom. The highest BCUT2D eigenvalue weighted by atomic mass is 16.5. The molecule has 1 heterocycles. The van der Waals surface area contributed by atoms with Crippen LogP contribution in [0.2, 0.25) is 0 Å². The molecule has 0 aromatic rings. The van der Waals surface area contributed by atoms with Crippen molar-refractivity contribution >= 4 is 0 Å². The van der Waals surface area contributed by atoms with Gasteiger partial charge in [-0.1, -0.05) is 12.8 Å².